The van der Waals surface area contributed by atoms with Gasteiger partial charge in [-0.25, -0.2) is 23.7 Å². The normalized spacial score (nSPS) is 23.6. The molecule has 3 atom stereocenters. The Morgan fingerprint density at radius 3 is 2.72 bits per heavy atom. The van der Waals surface area contributed by atoms with Crippen LogP contribution < -0.4 is 15.8 Å². The average Bonchev–Trinajstić information content (AvgIpc) is 2.85. The first-order valence-electron chi connectivity index (χ1n) is 11.3. The Labute approximate surface area is 213 Å². The number of hydrogen-bond acceptors (Lipinski definition) is 8. The molecule has 8 nitrogen and oxygen atoms in total. The number of aliphatic imine (C=N–C) groups is 1. The Kier molecular flexibility index (Phi) is 8.53. The smallest absolute Gasteiger partial charge is 0.275 e. The Balaban J connectivity index is 1.92. The molecule has 192 valence electrons. The van der Waals surface area contributed by atoms with E-state index in [0.717, 1.165) is 6.07 Å². The van der Waals surface area contributed by atoms with E-state index in [1.54, 1.807) is 6.92 Å². The van der Waals surface area contributed by atoms with Gasteiger partial charge >= 0.3 is 0 Å². The number of nitrogens with one attached hydrogen (secondary N) is 1. The van der Waals surface area contributed by atoms with E-state index >= 15 is 4.39 Å². The number of amidine groups is 1. The summed E-state index contributed by atoms with van der Waals surface area (Å²) in [6.07, 6.45) is 7.57. The van der Waals surface area contributed by atoms with Crippen LogP contribution in [0.1, 0.15) is 43.7 Å². The third-order valence-corrected chi connectivity index (χ3v) is 7.28. The fourth-order valence-electron chi connectivity index (χ4n) is 3.90. The van der Waals surface area contributed by atoms with E-state index in [1.807, 2.05) is 20.8 Å². The predicted octanol–water partition coefficient (Wildman–Crippen LogP) is 3.93. The molecule has 0 aliphatic carbocycles. The molecule has 2 heterocycles. The fourth-order valence-corrected chi connectivity index (χ4v) is 5.08. The minimum Gasteiger partial charge on any atom is -0.463 e. The second kappa shape index (κ2) is 11.2. The maximum absolute atomic E-state index is 15.2. The molecule has 1 aliphatic rings. The van der Waals surface area contributed by atoms with E-state index in [-0.39, 0.29) is 47.3 Å². The van der Waals surface area contributed by atoms with E-state index < -0.39 is 34.6 Å². The van der Waals surface area contributed by atoms with Gasteiger partial charge in [-0.1, -0.05) is 24.6 Å². The zero-order valence-electron chi connectivity index (χ0n) is 20.5. The summed E-state index contributed by atoms with van der Waals surface area (Å²) in [5, 5.41) is 2.78. The lowest BCUT2D eigenvalue weighted by molar-refractivity contribution is 0.0375. The number of amides is 1. The van der Waals surface area contributed by atoms with Gasteiger partial charge in [-0.2, -0.15) is 0 Å². The quantitative estimate of drug-likeness (QED) is 0.485. The minimum atomic E-state index is -1.61. The van der Waals surface area contributed by atoms with Gasteiger partial charge in [0, 0.05) is 21.9 Å². The molecule has 3 N–H and O–H groups in total. The van der Waals surface area contributed by atoms with Crippen molar-refractivity contribution in [3.8, 4) is 18.2 Å². The molecular formula is C25H29F2N5O3S. The average molecular weight is 518 g/mol. The molecule has 11 heteroatoms. The third-order valence-electron chi connectivity index (χ3n) is 6.04. The van der Waals surface area contributed by atoms with Crippen molar-refractivity contribution in [2.24, 2.45) is 16.6 Å². The van der Waals surface area contributed by atoms with Crippen molar-refractivity contribution in [1.29, 1.82) is 0 Å². The number of hydrogen-bond donors (Lipinski definition) is 2. The van der Waals surface area contributed by atoms with Gasteiger partial charge in [0.25, 0.3) is 5.91 Å². The highest BCUT2D eigenvalue weighted by molar-refractivity contribution is 8.15. The monoisotopic (exact) mass is 517 g/mol. The lowest BCUT2D eigenvalue weighted by atomic mass is 9.73. The molecule has 0 fully saturated rings. The Morgan fingerprint density at radius 1 is 1.36 bits per heavy atom. The van der Waals surface area contributed by atoms with Crippen molar-refractivity contribution in [3.05, 3.63) is 47.7 Å². The zero-order valence-corrected chi connectivity index (χ0v) is 21.4. The summed E-state index contributed by atoms with van der Waals surface area (Å²) in [6, 6.07) is 3.90. The van der Waals surface area contributed by atoms with Crippen LogP contribution in [0.2, 0.25) is 0 Å². The molecule has 1 amide bonds. The van der Waals surface area contributed by atoms with Gasteiger partial charge in [0.05, 0.1) is 25.1 Å². The summed E-state index contributed by atoms with van der Waals surface area (Å²) in [5.74, 6) is 0.706. The van der Waals surface area contributed by atoms with Gasteiger partial charge in [0.2, 0.25) is 5.88 Å². The fraction of sp³-hybridized carbons (Fsp3) is 0.440. The van der Waals surface area contributed by atoms with E-state index in [9.17, 15) is 9.18 Å². The van der Waals surface area contributed by atoms with E-state index in [1.165, 1.54) is 36.3 Å². The first-order valence-corrected chi connectivity index (χ1v) is 12.1. The van der Waals surface area contributed by atoms with Gasteiger partial charge in [-0.3, -0.25) is 4.79 Å². The van der Waals surface area contributed by atoms with Crippen LogP contribution in [0.4, 0.5) is 14.5 Å². The van der Waals surface area contributed by atoms with Gasteiger partial charge in [0.1, 0.15) is 23.7 Å². The van der Waals surface area contributed by atoms with Crippen molar-refractivity contribution in [2.45, 2.75) is 44.1 Å². The van der Waals surface area contributed by atoms with Crippen LogP contribution in [0, 0.1) is 24.1 Å². The number of ether oxygens (including phenoxy) is 2. The standard InChI is InChI=1S/C25H29F2N5O3S/c1-6-9-34-21-12-29-20(11-30-21)22(33)31-17-7-8-19(27)18(10-17)25(13-26)16(4)24(5,14-35-15(2)3)36-23(28)32-25/h1,7-8,10-12,15-16H,9,13-14H2,2-5H3,(H2,28,32)(H,31,33)/t16-,24-,25+/m1/s1. The van der Waals surface area contributed by atoms with Crippen LogP contribution in [0.5, 0.6) is 5.88 Å². The Bertz CT molecular complexity index is 1170. The van der Waals surface area contributed by atoms with Crippen LogP contribution in [-0.4, -0.2) is 51.8 Å². The summed E-state index contributed by atoms with van der Waals surface area (Å²) >= 11 is 1.28. The number of benzene rings is 1. The summed E-state index contributed by atoms with van der Waals surface area (Å²) in [6.45, 7) is 6.79. The van der Waals surface area contributed by atoms with Crippen molar-refractivity contribution < 1.29 is 23.0 Å². The van der Waals surface area contributed by atoms with E-state index in [2.05, 4.69) is 26.2 Å². The number of thioether (sulfide) groups is 1. The first-order chi connectivity index (χ1) is 17.0. The molecule has 2 aromatic rings. The second-order valence-corrected chi connectivity index (χ2v) is 10.4. The molecule has 0 bridgehead atoms. The topological polar surface area (TPSA) is 112 Å². The molecule has 3 rings (SSSR count). The molecule has 1 aromatic carbocycles. The number of alkyl halides is 1. The highest BCUT2D eigenvalue weighted by atomic mass is 32.2. The summed E-state index contributed by atoms with van der Waals surface area (Å²) in [4.78, 5) is 25.1. The van der Waals surface area contributed by atoms with Gasteiger partial charge < -0.3 is 20.5 Å². The molecule has 0 radical (unpaired) electrons. The van der Waals surface area contributed by atoms with Crippen LogP contribution in [0.3, 0.4) is 0 Å². The maximum Gasteiger partial charge on any atom is 0.275 e. The molecule has 0 spiro atoms. The number of carbonyl (C=O) groups excluding carboxylic acids is 1. The van der Waals surface area contributed by atoms with Crippen molar-refractivity contribution in [2.75, 3.05) is 25.2 Å². The molecule has 0 unspecified atom stereocenters. The van der Waals surface area contributed by atoms with Gasteiger partial charge in [-0.05, 0) is 39.0 Å². The van der Waals surface area contributed by atoms with E-state index in [4.69, 9.17) is 21.6 Å². The number of halogens is 2. The zero-order chi connectivity index (χ0) is 26.5. The number of terminal acetylenes is 1. The van der Waals surface area contributed by atoms with Crippen LogP contribution in [0.15, 0.2) is 35.6 Å². The molecule has 0 saturated carbocycles. The van der Waals surface area contributed by atoms with Crippen molar-refractivity contribution >= 4 is 28.5 Å². The number of aromatic nitrogens is 2. The van der Waals surface area contributed by atoms with Crippen molar-refractivity contribution in [1.82, 2.24) is 9.97 Å². The predicted molar refractivity (Wildman–Crippen MR) is 136 cm³/mol. The highest BCUT2D eigenvalue weighted by Crippen LogP contribution is 2.51. The number of carbonyl (C=O) groups is 1. The second-order valence-electron chi connectivity index (χ2n) is 8.89. The van der Waals surface area contributed by atoms with Gasteiger partial charge in [0.15, 0.2) is 11.8 Å². The number of nitrogens with two attached hydrogens (primary N) is 1. The van der Waals surface area contributed by atoms with Crippen LogP contribution >= 0.6 is 11.8 Å². The molecule has 0 saturated heterocycles. The summed E-state index contributed by atoms with van der Waals surface area (Å²) in [7, 11) is 0. The molecule has 1 aliphatic heterocycles. The summed E-state index contributed by atoms with van der Waals surface area (Å²) in [5.41, 5.74) is 4.73. The SMILES string of the molecule is C#CCOc1cnc(C(=O)Nc2ccc(F)c([C@@]3(CF)N=C(N)S[C@](C)(COC(C)C)[C@H]3C)c2)cn1. The number of anilines is 1. The highest BCUT2D eigenvalue weighted by Gasteiger charge is 2.53. The molecule has 36 heavy (non-hydrogen) atoms. The van der Waals surface area contributed by atoms with Gasteiger partial charge in [-0.15, -0.1) is 6.42 Å². The van der Waals surface area contributed by atoms with Crippen molar-refractivity contribution in [3.63, 3.8) is 0 Å². The van der Waals surface area contributed by atoms with E-state index in [0.29, 0.717) is 0 Å². The Morgan fingerprint density at radius 2 is 2.11 bits per heavy atom. The lowest BCUT2D eigenvalue weighted by Crippen LogP contribution is -2.53. The summed E-state index contributed by atoms with van der Waals surface area (Å²) < 4.78 is 40.3. The molecule has 1 aromatic heterocycles. The van der Waals surface area contributed by atoms with Crippen LogP contribution in [-0.2, 0) is 10.3 Å². The molecular weight excluding hydrogens is 488 g/mol. The minimum absolute atomic E-state index is 0.00255. The Hall–Kier alpha value is -3.23. The third kappa shape index (κ3) is 5.77. The maximum atomic E-state index is 15.2. The first kappa shape index (κ1) is 27.4. The number of rotatable bonds is 9. The number of nitrogens with zero attached hydrogens (tertiary/aromatic N) is 3. The lowest BCUT2D eigenvalue weighted by Gasteiger charge is -2.47. The largest absolute Gasteiger partial charge is 0.463 e. The van der Waals surface area contributed by atoms with Crippen LogP contribution in [0.25, 0.3) is 0 Å².